The van der Waals surface area contributed by atoms with Gasteiger partial charge in [0.15, 0.2) is 0 Å². The zero-order valence-electron chi connectivity index (χ0n) is 7.83. The highest BCUT2D eigenvalue weighted by atomic mass is 16.7. The highest BCUT2D eigenvalue weighted by molar-refractivity contribution is 5.92. The molecule has 0 radical (unpaired) electrons. The molecule has 0 bridgehead atoms. The lowest BCUT2D eigenvalue weighted by atomic mass is 9.96. The van der Waals surface area contributed by atoms with E-state index >= 15 is 0 Å². The summed E-state index contributed by atoms with van der Waals surface area (Å²) in [5.74, 6) is -3.27. The fraction of sp³-hybridized carbons (Fsp3) is 0.556. The Morgan fingerprint density at radius 1 is 1.69 bits per heavy atom. The molecule has 0 aromatic heterocycles. The van der Waals surface area contributed by atoms with Gasteiger partial charge in [-0.1, -0.05) is 0 Å². The third-order valence-corrected chi connectivity index (χ3v) is 2.23. The van der Waals surface area contributed by atoms with Crippen LogP contribution in [0.5, 0.6) is 0 Å². The molecule has 1 aliphatic heterocycles. The van der Waals surface area contributed by atoms with E-state index in [4.69, 9.17) is 0 Å². The van der Waals surface area contributed by atoms with Gasteiger partial charge in [-0.3, -0.25) is 4.79 Å². The molecule has 72 valence electrons. The predicted octanol–water partition coefficient (Wildman–Crippen LogP) is 0.403. The molecule has 1 heterocycles. The van der Waals surface area contributed by atoms with Gasteiger partial charge in [0.2, 0.25) is 5.79 Å². The summed E-state index contributed by atoms with van der Waals surface area (Å²) in [6.07, 6.45) is 1.28. The number of cyclic esters (lactones) is 1. The lowest BCUT2D eigenvalue weighted by molar-refractivity contribution is -0.194. The van der Waals surface area contributed by atoms with Gasteiger partial charge < -0.3 is 9.84 Å². The number of ether oxygens (including phenoxy) is 1. The van der Waals surface area contributed by atoms with E-state index < -0.39 is 17.7 Å². The van der Waals surface area contributed by atoms with Crippen LogP contribution in [-0.2, 0) is 14.3 Å². The minimum absolute atomic E-state index is 0.221. The van der Waals surface area contributed by atoms with Crippen LogP contribution in [0.25, 0.3) is 0 Å². The minimum atomic E-state index is -1.74. The molecule has 0 fully saturated rings. The van der Waals surface area contributed by atoms with Gasteiger partial charge in [0, 0.05) is 5.57 Å². The summed E-state index contributed by atoms with van der Waals surface area (Å²) in [6, 6.07) is 0. The van der Waals surface area contributed by atoms with E-state index in [1.165, 1.54) is 26.8 Å². The molecule has 0 aromatic carbocycles. The number of carbonyl (C=O) groups excluding carboxylic acids is 2. The monoisotopic (exact) mass is 184 g/mol. The quantitative estimate of drug-likeness (QED) is 0.631. The van der Waals surface area contributed by atoms with E-state index in [0.717, 1.165) is 0 Å². The SMILES string of the molecule is CC(=O)[C@H](C)C1(O)C=C(C)C(=O)O1. The van der Waals surface area contributed by atoms with Crippen LogP contribution in [0.3, 0.4) is 0 Å². The average molecular weight is 184 g/mol. The first-order valence-corrected chi connectivity index (χ1v) is 4.02. The van der Waals surface area contributed by atoms with Crippen molar-refractivity contribution in [2.24, 2.45) is 5.92 Å². The lowest BCUT2D eigenvalue weighted by Crippen LogP contribution is -2.39. The van der Waals surface area contributed by atoms with Crippen LogP contribution >= 0.6 is 0 Å². The Kier molecular flexibility index (Phi) is 2.26. The summed E-state index contributed by atoms with van der Waals surface area (Å²) in [7, 11) is 0. The first-order chi connectivity index (χ1) is 5.87. The van der Waals surface area contributed by atoms with Crippen molar-refractivity contribution < 1.29 is 19.4 Å². The molecule has 0 saturated heterocycles. The number of Topliss-reactive ketones (excluding diaryl/α,β-unsaturated/α-hetero) is 1. The average Bonchev–Trinajstić information content (AvgIpc) is 2.26. The molecule has 4 heteroatoms. The number of aliphatic hydroxyl groups is 1. The number of ketones is 1. The molecule has 0 aromatic rings. The zero-order chi connectivity index (χ0) is 10.2. The van der Waals surface area contributed by atoms with Gasteiger partial charge in [-0.25, -0.2) is 4.79 Å². The Balaban J connectivity index is 2.93. The highest BCUT2D eigenvalue weighted by Gasteiger charge is 2.43. The van der Waals surface area contributed by atoms with Crippen molar-refractivity contribution in [3.8, 4) is 0 Å². The van der Waals surface area contributed by atoms with E-state index in [1.54, 1.807) is 0 Å². The number of hydrogen-bond donors (Lipinski definition) is 1. The highest BCUT2D eigenvalue weighted by Crippen LogP contribution is 2.29. The van der Waals surface area contributed by atoms with E-state index in [-0.39, 0.29) is 5.78 Å². The van der Waals surface area contributed by atoms with Crippen molar-refractivity contribution in [2.45, 2.75) is 26.6 Å². The molecule has 0 saturated carbocycles. The van der Waals surface area contributed by atoms with Crippen molar-refractivity contribution >= 4 is 11.8 Å². The Hall–Kier alpha value is -1.16. The molecule has 0 aliphatic carbocycles. The largest absolute Gasteiger partial charge is 0.425 e. The summed E-state index contributed by atoms with van der Waals surface area (Å²) in [5.41, 5.74) is 0.329. The lowest BCUT2D eigenvalue weighted by Gasteiger charge is -2.24. The third kappa shape index (κ3) is 1.62. The van der Waals surface area contributed by atoms with Crippen LogP contribution in [0.2, 0.25) is 0 Å². The number of esters is 1. The normalized spacial score (nSPS) is 29.5. The fourth-order valence-corrected chi connectivity index (χ4v) is 1.13. The zero-order valence-corrected chi connectivity index (χ0v) is 7.83. The Morgan fingerprint density at radius 3 is 2.54 bits per heavy atom. The van der Waals surface area contributed by atoms with Gasteiger partial charge in [0.05, 0.1) is 5.92 Å². The summed E-state index contributed by atoms with van der Waals surface area (Å²) in [4.78, 5) is 21.9. The van der Waals surface area contributed by atoms with Gasteiger partial charge in [0.25, 0.3) is 0 Å². The van der Waals surface area contributed by atoms with Crippen LogP contribution in [0, 0.1) is 5.92 Å². The van der Waals surface area contributed by atoms with Gasteiger partial charge in [-0.2, -0.15) is 0 Å². The fourth-order valence-electron chi connectivity index (χ4n) is 1.13. The van der Waals surface area contributed by atoms with Crippen molar-refractivity contribution in [3.63, 3.8) is 0 Å². The van der Waals surface area contributed by atoms with Gasteiger partial charge in [-0.05, 0) is 26.8 Å². The number of rotatable bonds is 2. The smallest absolute Gasteiger partial charge is 0.336 e. The van der Waals surface area contributed by atoms with Gasteiger partial charge in [-0.15, -0.1) is 0 Å². The van der Waals surface area contributed by atoms with Gasteiger partial charge >= 0.3 is 5.97 Å². The standard InChI is InChI=1S/C9H12O4/c1-5-4-9(12,13-8(5)11)6(2)7(3)10/h4,6,12H,1-3H3/t6-,9?/m0/s1. The second kappa shape index (κ2) is 2.96. The van der Waals surface area contributed by atoms with Crippen LogP contribution in [0.15, 0.2) is 11.6 Å². The molecular formula is C9H12O4. The van der Waals surface area contributed by atoms with Crippen molar-refractivity contribution in [3.05, 3.63) is 11.6 Å². The van der Waals surface area contributed by atoms with E-state index in [9.17, 15) is 14.7 Å². The Bertz CT molecular complexity index is 292. The van der Waals surface area contributed by atoms with Crippen LogP contribution < -0.4 is 0 Å². The number of carbonyl (C=O) groups is 2. The summed E-state index contributed by atoms with van der Waals surface area (Å²) >= 11 is 0. The molecule has 1 unspecified atom stereocenters. The van der Waals surface area contributed by atoms with E-state index in [2.05, 4.69) is 4.74 Å². The van der Waals surface area contributed by atoms with Gasteiger partial charge in [0.1, 0.15) is 5.78 Å². The van der Waals surface area contributed by atoms with Crippen molar-refractivity contribution in [1.29, 1.82) is 0 Å². The van der Waals surface area contributed by atoms with Crippen LogP contribution in [0.1, 0.15) is 20.8 Å². The molecule has 1 rings (SSSR count). The second-order valence-electron chi connectivity index (χ2n) is 3.30. The molecular weight excluding hydrogens is 172 g/mol. The van der Waals surface area contributed by atoms with E-state index in [0.29, 0.717) is 5.57 Å². The van der Waals surface area contributed by atoms with Crippen LogP contribution in [-0.4, -0.2) is 22.6 Å². The van der Waals surface area contributed by atoms with E-state index in [1.807, 2.05) is 0 Å². The van der Waals surface area contributed by atoms with Crippen molar-refractivity contribution in [1.82, 2.24) is 0 Å². The first-order valence-electron chi connectivity index (χ1n) is 4.02. The summed E-state index contributed by atoms with van der Waals surface area (Å²) in [5, 5.41) is 9.73. The molecule has 4 nitrogen and oxygen atoms in total. The summed E-state index contributed by atoms with van der Waals surface area (Å²) in [6.45, 7) is 4.40. The van der Waals surface area contributed by atoms with Crippen LogP contribution in [0.4, 0.5) is 0 Å². The maximum atomic E-state index is 11.0. The molecule has 0 spiro atoms. The second-order valence-corrected chi connectivity index (χ2v) is 3.30. The predicted molar refractivity (Wildman–Crippen MR) is 44.6 cm³/mol. The maximum Gasteiger partial charge on any atom is 0.336 e. The summed E-state index contributed by atoms with van der Waals surface area (Å²) < 4.78 is 4.69. The van der Waals surface area contributed by atoms with Crippen molar-refractivity contribution in [2.75, 3.05) is 0 Å². The molecule has 0 amide bonds. The first kappa shape index (κ1) is 9.92. The number of hydrogen-bond acceptors (Lipinski definition) is 4. The molecule has 13 heavy (non-hydrogen) atoms. The molecule has 2 atom stereocenters. The topological polar surface area (TPSA) is 63.6 Å². The molecule has 1 N–H and O–H groups in total. The molecule has 1 aliphatic rings. The minimum Gasteiger partial charge on any atom is -0.425 e. The Morgan fingerprint density at radius 2 is 2.23 bits per heavy atom. The maximum absolute atomic E-state index is 11.0. The third-order valence-electron chi connectivity index (χ3n) is 2.23. The Labute approximate surface area is 76.2 Å².